The molecule has 0 unspecified atom stereocenters. The molecule has 1 N–H and O–H groups in total. The number of rotatable bonds is 4. The minimum absolute atomic E-state index is 0.0196. The van der Waals surface area contributed by atoms with Crippen LogP contribution >= 0.6 is 0 Å². The molecule has 0 saturated carbocycles. The summed E-state index contributed by atoms with van der Waals surface area (Å²) in [5, 5.41) is 7.66. The van der Waals surface area contributed by atoms with Crippen LogP contribution in [0.5, 0.6) is 0 Å². The van der Waals surface area contributed by atoms with Crippen LogP contribution < -0.4 is 5.32 Å². The van der Waals surface area contributed by atoms with Gasteiger partial charge in [0.25, 0.3) is 5.91 Å². The van der Waals surface area contributed by atoms with Gasteiger partial charge in [-0.25, -0.2) is 4.98 Å². The minimum atomic E-state index is -0.0196. The molecule has 26 heavy (non-hydrogen) atoms. The Morgan fingerprint density at radius 3 is 3.00 bits per heavy atom. The second-order valence-corrected chi connectivity index (χ2v) is 6.99. The minimum Gasteiger partial charge on any atom is -0.347 e. The first-order chi connectivity index (χ1) is 12.6. The molecule has 0 spiro atoms. The smallest absolute Gasteiger partial charge is 0.251 e. The van der Waals surface area contributed by atoms with E-state index in [1.165, 1.54) is 0 Å². The third-order valence-corrected chi connectivity index (χ3v) is 4.90. The first-order valence-corrected chi connectivity index (χ1v) is 8.99. The predicted molar refractivity (Wildman–Crippen MR) is 99.0 cm³/mol. The van der Waals surface area contributed by atoms with Crippen molar-refractivity contribution in [3.8, 4) is 0 Å². The second kappa shape index (κ2) is 6.78. The zero-order chi connectivity index (χ0) is 18.1. The predicted octanol–water partition coefficient (Wildman–Crippen LogP) is 2.49. The highest BCUT2D eigenvalue weighted by molar-refractivity contribution is 5.94. The molecular weight excluding hydrogens is 326 g/mol. The van der Waals surface area contributed by atoms with Gasteiger partial charge in [0, 0.05) is 42.7 Å². The number of benzene rings is 1. The van der Waals surface area contributed by atoms with E-state index in [2.05, 4.69) is 26.0 Å². The van der Waals surface area contributed by atoms with E-state index in [4.69, 9.17) is 0 Å². The summed E-state index contributed by atoms with van der Waals surface area (Å²) >= 11 is 0. The molecular formula is C20H23N5O. The van der Waals surface area contributed by atoms with Crippen molar-refractivity contribution in [3.05, 3.63) is 71.1 Å². The highest BCUT2D eigenvalue weighted by atomic mass is 16.1. The highest BCUT2D eigenvalue weighted by Gasteiger charge is 2.21. The lowest BCUT2D eigenvalue weighted by Gasteiger charge is -2.24. The van der Waals surface area contributed by atoms with E-state index in [0.29, 0.717) is 12.1 Å². The number of carbonyl (C=O) groups excluding carboxylic acids is 1. The van der Waals surface area contributed by atoms with Gasteiger partial charge in [0.1, 0.15) is 5.82 Å². The topological polar surface area (TPSA) is 64.7 Å². The number of aromatic nitrogens is 4. The van der Waals surface area contributed by atoms with Crippen LogP contribution in [0, 0.1) is 13.8 Å². The zero-order valence-electron chi connectivity index (χ0n) is 15.1. The molecule has 1 aliphatic rings. The van der Waals surface area contributed by atoms with E-state index in [1.54, 1.807) is 0 Å². The van der Waals surface area contributed by atoms with Crippen molar-refractivity contribution in [2.24, 2.45) is 0 Å². The van der Waals surface area contributed by atoms with Crippen molar-refractivity contribution in [1.29, 1.82) is 0 Å². The Balaban J connectivity index is 1.44. The van der Waals surface area contributed by atoms with E-state index in [9.17, 15) is 4.79 Å². The van der Waals surface area contributed by atoms with Gasteiger partial charge in [0.15, 0.2) is 0 Å². The fraction of sp³-hybridized carbons (Fsp3) is 0.350. The lowest BCUT2D eigenvalue weighted by molar-refractivity contribution is 0.0927. The number of hydrogen-bond donors (Lipinski definition) is 1. The average molecular weight is 349 g/mol. The Bertz CT molecular complexity index is 939. The van der Waals surface area contributed by atoms with Crippen LogP contribution in [0.2, 0.25) is 0 Å². The van der Waals surface area contributed by atoms with Crippen molar-refractivity contribution in [1.82, 2.24) is 24.6 Å². The molecule has 0 bridgehead atoms. The molecule has 0 radical (unpaired) electrons. The summed E-state index contributed by atoms with van der Waals surface area (Å²) in [7, 11) is 0. The van der Waals surface area contributed by atoms with Crippen molar-refractivity contribution in [3.63, 3.8) is 0 Å². The van der Waals surface area contributed by atoms with E-state index < -0.39 is 0 Å². The molecule has 6 heteroatoms. The second-order valence-electron chi connectivity index (χ2n) is 6.99. The first-order valence-electron chi connectivity index (χ1n) is 8.99. The van der Waals surface area contributed by atoms with Crippen molar-refractivity contribution >= 4 is 5.91 Å². The van der Waals surface area contributed by atoms with Crippen molar-refractivity contribution in [2.45, 2.75) is 45.8 Å². The van der Waals surface area contributed by atoms with Crippen molar-refractivity contribution < 1.29 is 4.79 Å². The molecule has 6 nitrogen and oxygen atoms in total. The van der Waals surface area contributed by atoms with Crippen LogP contribution in [0.25, 0.3) is 0 Å². The number of carbonyl (C=O) groups is 1. The fourth-order valence-corrected chi connectivity index (χ4v) is 3.57. The molecule has 2 aromatic heterocycles. The van der Waals surface area contributed by atoms with Gasteiger partial charge in [-0.05, 0) is 44.0 Å². The van der Waals surface area contributed by atoms with Gasteiger partial charge < -0.3 is 9.88 Å². The Morgan fingerprint density at radius 2 is 2.19 bits per heavy atom. The average Bonchev–Trinajstić information content (AvgIpc) is 3.21. The van der Waals surface area contributed by atoms with Crippen molar-refractivity contribution in [2.75, 3.05) is 0 Å². The molecule has 134 valence electrons. The van der Waals surface area contributed by atoms with Gasteiger partial charge in [-0.2, -0.15) is 5.10 Å². The maximum atomic E-state index is 12.7. The van der Waals surface area contributed by atoms with Gasteiger partial charge in [-0.3, -0.25) is 9.48 Å². The molecule has 0 fully saturated rings. The maximum absolute atomic E-state index is 12.7. The van der Waals surface area contributed by atoms with Gasteiger partial charge >= 0.3 is 0 Å². The SMILES string of the molecule is Cc1cc(C)n(Cc2cccc(C(=O)N[C@@H]3CCc4nccn4C3)c2)n1. The van der Waals surface area contributed by atoms with E-state index >= 15 is 0 Å². The molecule has 0 saturated heterocycles. The molecule has 4 rings (SSSR count). The van der Waals surface area contributed by atoms with Crippen LogP contribution in [-0.2, 0) is 19.5 Å². The summed E-state index contributed by atoms with van der Waals surface area (Å²) in [6, 6.07) is 9.99. The monoisotopic (exact) mass is 349 g/mol. The Kier molecular flexibility index (Phi) is 4.32. The maximum Gasteiger partial charge on any atom is 0.251 e. The largest absolute Gasteiger partial charge is 0.347 e. The quantitative estimate of drug-likeness (QED) is 0.787. The molecule has 1 aliphatic heterocycles. The van der Waals surface area contributed by atoms with Crippen LogP contribution in [0.4, 0.5) is 0 Å². The van der Waals surface area contributed by atoms with Crippen LogP contribution in [0.1, 0.15) is 39.6 Å². The molecule has 1 aromatic carbocycles. The van der Waals surface area contributed by atoms with E-state index in [1.807, 2.05) is 55.2 Å². The van der Waals surface area contributed by atoms with E-state index in [0.717, 1.165) is 42.2 Å². The lowest BCUT2D eigenvalue weighted by Crippen LogP contribution is -2.40. The summed E-state index contributed by atoms with van der Waals surface area (Å²) in [5.74, 6) is 1.08. The lowest BCUT2D eigenvalue weighted by atomic mass is 10.1. The fourth-order valence-electron chi connectivity index (χ4n) is 3.57. The normalized spacial score (nSPS) is 16.3. The van der Waals surface area contributed by atoms with Gasteiger partial charge in [0.2, 0.25) is 0 Å². The zero-order valence-corrected chi connectivity index (χ0v) is 15.1. The third kappa shape index (κ3) is 3.40. The number of hydrogen-bond acceptors (Lipinski definition) is 3. The number of aryl methyl sites for hydroxylation is 3. The van der Waals surface area contributed by atoms with Crippen LogP contribution in [0.3, 0.4) is 0 Å². The Labute approximate surface area is 152 Å². The molecule has 1 atom stereocenters. The molecule has 3 aromatic rings. The Morgan fingerprint density at radius 1 is 1.31 bits per heavy atom. The summed E-state index contributed by atoms with van der Waals surface area (Å²) < 4.78 is 4.09. The summed E-state index contributed by atoms with van der Waals surface area (Å²) in [6.45, 7) is 5.49. The van der Waals surface area contributed by atoms with E-state index in [-0.39, 0.29) is 11.9 Å². The molecule has 1 amide bonds. The van der Waals surface area contributed by atoms with Crippen LogP contribution in [0.15, 0.2) is 42.7 Å². The molecule has 3 heterocycles. The summed E-state index contributed by atoms with van der Waals surface area (Å²) in [4.78, 5) is 17.0. The Hall–Kier alpha value is -2.89. The standard InChI is InChI=1S/C20H23N5O/c1-14-10-15(2)25(23-14)12-16-4-3-5-17(11-16)20(26)22-18-6-7-19-21-8-9-24(19)13-18/h3-5,8-11,18H,6-7,12-13H2,1-2H3,(H,22,26)/t18-/m1/s1. The van der Waals surface area contributed by atoms with Gasteiger partial charge in [-0.1, -0.05) is 12.1 Å². The van der Waals surface area contributed by atoms with Gasteiger partial charge in [-0.15, -0.1) is 0 Å². The molecule has 0 aliphatic carbocycles. The number of imidazole rings is 1. The highest BCUT2D eigenvalue weighted by Crippen LogP contribution is 2.15. The third-order valence-electron chi connectivity index (χ3n) is 4.90. The number of fused-ring (bicyclic) bond motifs is 1. The summed E-state index contributed by atoms with van der Waals surface area (Å²) in [5.41, 5.74) is 3.90. The van der Waals surface area contributed by atoms with Crippen LogP contribution in [-0.4, -0.2) is 31.3 Å². The number of amides is 1. The number of nitrogens with zero attached hydrogens (tertiary/aromatic N) is 4. The van der Waals surface area contributed by atoms with Gasteiger partial charge in [0.05, 0.1) is 12.2 Å². The summed E-state index contributed by atoms with van der Waals surface area (Å²) in [6.07, 6.45) is 5.62. The number of nitrogens with one attached hydrogen (secondary N) is 1. The first kappa shape index (κ1) is 16.6.